The Hall–Kier alpha value is -1.89. The van der Waals surface area contributed by atoms with Gasteiger partial charge in [-0.2, -0.15) is 5.10 Å². The predicted molar refractivity (Wildman–Crippen MR) is 67.7 cm³/mol. The summed E-state index contributed by atoms with van der Waals surface area (Å²) in [4.78, 5) is 4.23. The normalized spacial score (nSPS) is 11.4. The molecule has 0 aliphatic rings. The molecule has 18 heavy (non-hydrogen) atoms. The summed E-state index contributed by atoms with van der Waals surface area (Å²) in [5.41, 5.74) is 0.749. The highest BCUT2D eigenvalue weighted by atomic mass is 32.2. The largest absolute Gasteiger partial charge is 0.272 e. The molecule has 0 spiro atoms. The first kappa shape index (κ1) is 12.6. The molecule has 1 N–H and O–H groups in total. The van der Waals surface area contributed by atoms with E-state index >= 15 is 0 Å². The van der Waals surface area contributed by atoms with Crippen LogP contribution in [0.1, 0.15) is 12.6 Å². The molecule has 0 atom stereocenters. The molecule has 96 valence electrons. The van der Waals surface area contributed by atoms with Crippen LogP contribution < -0.4 is 4.72 Å². The van der Waals surface area contributed by atoms with E-state index in [1.165, 1.54) is 12.4 Å². The molecule has 0 unspecified atom stereocenters. The van der Waals surface area contributed by atoms with Crippen LogP contribution in [0.15, 0.2) is 35.5 Å². The van der Waals surface area contributed by atoms with Crippen LogP contribution >= 0.6 is 0 Å². The molecule has 0 aromatic carbocycles. The Morgan fingerprint density at radius 3 is 2.78 bits per heavy atom. The number of anilines is 1. The van der Waals surface area contributed by atoms with Gasteiger partial charge in [-0.1, -0.05) is 6.07 Å². The number of hydrogen-bond donors (Lipinski definition) is 1. The molecule has 0 aliphatic heterocycles. The Morgan fingerprint density at radius 1 is 1.39 bits per heavy atom. The molecule has 2 rings (SSSR count). The van der Waals surface area contributed by atoms with Gasteiger partial charge in [0.05, 0.1) is 6.20 Å². The molecule has 2 heterocycles. The highest BCUT2D eigenvalue weighted by molar-refractivity contribution is 7.92. The van der Waals surface area contributed by atoms with Gasteiger partial charge in [-0.25, -0.2) is 13.4 Å². The van der Waals surface area contributed by atoms with Gasteiger partial charge in [0, 0.05) is 18.4 Å². The lowest BCUT2D eigenvalue weighted by atomic mass is 10.4. The second kappa shape index (κ2) is 4.77. The predicted octanol–water partition coefficient (Wildman–Crippen LogP) is 1.41. The highest BCUT2D eigenvalue weighted by Crippen LogP contribution is 2.13. The van der Waals surface area contributed by atoms with Gasteiger partial charge in [0.25, 0.3) is 10.0 Å². The summed E-state index contributed by atoms with van der Waals surface area (Å²) in [7, 11) is -3.62. The zero-order valence-corrected chi connectivity index (χ0v) is 11.0. The van der Waals surface area contributed by atoms with Crippen LogP contribution in [0.3, 0.4) is 0 Å². The number of hydrogen-bond acceptors (Lipinski definition) is 4. The third kappa shape index (κ3) is 2.67. The number of aryl methyl sites for hydroxylation is 2. The van der Waals surface area contributed by atoms with E-state index in [0.717, 1.165) is 5.69 Å². The number of aromatic nitrogens is 3. The standard InChI is InChI=1S/C11H14N4O2S/c1-3-15-8-10(7-12-15)18(16,17)14-11-6-4-5-9(2)13-11/h4-8H,3H2,1-2H3,(H,13,14). The molecule has 0 bridgehead atoms. The third-order valence-electron chi connectivity index (χ3n) is 2.37. The van der Waals surface area contributed by atoms with E-state index in [0.29, 0.717) is 12.4 Å². The van der Waals surface area contributed by atoms with Crippen LogP contribution in [-0.4, -0.2) is 23.2 Å². The smallest absolute Gasteiger partial charge is 0.266 e. The van der Waals surface area contributed by atoms with E-state index in [1.54, 1.807) is 29.8 Å². The van der Waals surface area contributed by atoms with Gasteiger partial charge >= 0.3 is 0 Å². The van der Waals surface area contributed by atoms with E-state index < -0.39 is 10.0 Å². The van der Waals surface area contributed by atoms with Crippen LogP contribution in [0.2, 0.25) is 0 Å². The molecule has 6 nitrogen and oxygen atoms in total. The van der Waals surface area contributed by atoms with Gasteiger partial charge in [-0.05, 0) is 26.0 Å². The van der Waals surface area contributed by atoms with Gasteiger partial charge in [-0.3, -0.25) is 9.40 Å². The molecule has 0 fully saturated rings. The van der Waals surface area contributed by atoms with E-state index in [9.17, 15) is 8.42 Å². The summed E-state index contributed by atoms with van der Waals surface area (Å²) in [5.74, 6) is 0.305. The Balaban J connectivity index is 2.27. The summed E-state index contributed by atoms with van der Waals surface area (Å²) in [5, 5.41) is 3.94. The maximum absolute atomic E-state index is 12.0. The van der Waals surface area contributed by atoms with Crippen LogP contribution in [0, 0.1) is 6.92 Å². The molecule has 7 heteroatoms. The van der Waals surface area contributed by atoms with E-state index in [1.807, 2.05) is 6.92 Å². The van der Waals surface area contributed by atoms with Crippen LogP contribution in [-0.2, 0) is 16.6 Å². The SMILES string of the molecule is CCn1cc(S(=O)(=O)Nc2cccc(C)n2)cn1. The second-order valence-electron chi connectivity index (χ2n) is 3.80. The summed E-state index contributed by atoms with van der Waals surface area (Å²) in [6, 6.07) is 5.15. The number of pyridine rings is 1. The lowest BCUT2D eigenvalue weighted by Gasteiger charge is -2.05. The minimum absolute atomic E-state index is 0.132. The second-order valence-corrected chi connectivity index (χ2v) is 5.48. The monoisotopic (exact) mass is 266 g/mol. The average molecular weight is 266 g/mol. The fraction of sp³-hybridized carbons (Fsp3) is 0.273. The molecular formula is C11H14N4O2S. The van der Waals surface area contributed by atoms with Crippen LogP contribution in [0.5, 0.6) is 0 Å². The summed E-state index contributed by atoms with van der Waals surface area (Å²) >= 11 is 0. The van der Waals surface area contributed by atoms with E-state index in [-0.39, 0.29) is 4.90 Å². The summed E-state index contributed by atoms with van der Waals surface area (Å²) in [6.45, 7) is 4.31. The molecule has 0 radical (unpaired) electrons. The fourth-order valence-electron chi connectivity index (χ4n) is 1.45. The molecule has 2 aromatic rings. The first-order valence-corrected chi connectivity index (χ1v) is 6.98. The maximum atomic E-state index is 12.0. The van der Waals surface area contributed by atoms with Crippen molar-refractivity contribution in [3.05, 3.63) is 36.3 Å². The van der Waals surface area contributed by atoms with Gasteiger partial charge in [-0.15, -0.1) is 0 Å². The van der Waals surface area contributed by atoms with Gasteiger partial charge < -0.3 is 0 Å². The Morgan fingerprint density at radius 2 is 2.17 bits per heavy atom. The fourth-order valence-corrected chi connectivity index (χ4v) is 2.41. The van der Waals surface area contributed by atoms with Crippen LogP contribution in [0.25, 0.3) is 0 Å². The third-order valence-corrected chi connectivity index (χ3v) is 3.68. The van der Waals surface area contributed by atoms with Crippen molar-refractivity contribution in [1.29, 1.82) is 0 Å². The number of sulfonamides is 1. The Bertz CT molecular complexity index is 649. The van der Waals surface area contributed by atoms with Crippen molar-refractivity contribution in [2.24, 2.45) is 0 Å². The van der Waals surface area contributed by atoms with Gasteiger partial charge in [0.2, 0.25) is 0 Å². The van der Waals surface area contributed by atoms with Crippen molar-refractivity contribution in [2.45, 2.75) is 25.3 Å². The van der Waals surface area contributed by atoms with Crippen LogP contribution in [0.4, 0.5) is 5.82 Å². The lowest BCUT2D eigenvalue weighted by Crippen LogP contribution is -2.13. The molecular weight excluding hydrogens is 252 g/mol. The number of nitrogens with one attached hydrogen (secondary N) is 1. The van der Waals surface area contributed by atoms with E-state index in [2.05, 4.69) is 14.8 Å². The zero-order valence-electron chi connectivity index (χ0n) is 10.2. The summed E-state index contributed by atoms with van der Waals surface area (Å²) in [6.07, 6.45) is 2.81. The lowest BCUT2D eigenvalue weighted by molar-refractivity contribution is 0.600. The Kier molecular flexibility index (Phi) is 3.33. The van der Waals surface area contributed by atoms with Crippen molar-refractivity contribution < 1.29 is 8.42 Å². The van der Waals surface area contributed by atoms with Crippen molar-refractivity contribution in [2.75, 3.05) is 4.72 Å². The highest BCUT2D eigenvalue weighted by Gasteiger charge is 2.16. The minimum Gasteiger partial charge on any atom is -0.272 e. The van der Waals surface area contributed by atoms with Crippen molar-refractivity contribution >= 4 is 15.8 Å². The average Bonchev–Trinajstić information content (AvgIpc) is 2.77. The molecule has 0 aliphatic carbocycles. The first-order chi connectivity index (χ1) is 8.51. The molecule has 2 aromatic heterocycles. The summed E-state index contributed by atoms with van der Waals surface area (Å²) < 4.78 is 28.0. The molecule has 0 amide bonds. The zero-order chi connectivity index (χ0) is 13.2. The Labute approximate surface area is 106 Å². The van der Waals surface area contributed by atoms with Crippen molar-refractivity contribution in [3.63, 3.8) is 0 Å². The van der Waals surface area contributed by atoms with Gasteiger partial charge in [0.1, 0.15) is 10.7 Å². The molecule has 0 saturated heterocycles. The minimum atomic E-state index is -3.62. The topological polar surface area (TPSA) is 76.9 Å². The first-order valence-electron chi connectivity index (χ1n) is 5.50. The molecule has 0 saturated carbocycles. The van der Waals surface area contributed by atoms with E-state index in [4.69, 9.17) is 0 Å². The van der Waals surface area contributed by atoms with Gasteiger partial charge in [0.15, 0.2) is 0 Å². The van der Waals surface area contributed by atoms with Crippen molar-refractivity contribution in [3.8, 4) is 0 Å². The quantitative estimate of drug-likeness (QED) is 0.907. The number of nitrogens with zero attached hydrogens (tertiary/aromatic N) is 3. The van der Waals surface area contributed by atoms with Crippen molar-refractivity contribution in [1.82, 2.24) is 14.8 Å². The number of rotatable bonds is 4. The maximum Gasteiger partial charge on any atom is 0.266 e.